The molecule has 1 amide bonds. The summed E-state index contributed by atoms with van der Waals surface area (Å²) in [5, 5.41) is 2.69. The summed E-state index contributed by atoms with van der Waals surface area (Å²) in [6.07, 6.45) is 0. The van der Waals surface area contributed by atoms with Gasteiger partial charge in [0.15, 0.2) is 4.77 Å². The van der Waals surface area contributed by atoms with E-state index in [2.05, 4.69) is 10.3 Å². The minimum atomic E-state index is -0.366. The van der Waals surface area contributed by atoms with Crippen molar-refractivity contribution < 1.29 is 13.9 Å². The van der Waals surface area contributed by atoms with Crippen LogP contribution < -0.4 is 5.32 Å². The van der Waals surface area contributed by atoms with Gasteiger partial charge in [-0.05, 0) is 30.4 Å². The fourth-order valence-electron chi connectivity index (χ4n) is 1.77. The number of hydrogen-bond acceptors (Lipinski definition) is 3. The van der Waals surface area contributed by atoms with E-state index in [1.807, 2.05) is 0 Å². The van der Waals surface area contributed by atoms with Gasteiger partial charge in [0.25, 0.3) is 0 Å². The van der Waals surface area contributed by atoms with Crippen molar-refractivity contribution in [3.63, 3.8) is 0 Å². The molecule has 1 heterocycles. The summed E-state index contributed by atoms with van der Waals surface area (Å²) >= 11 is 5.13. The van der Waals surface area contributed by atoms with Crippen LogP contribution in [0.1, 0.15) is 0 Å². The number of ether oxygens (including phenoxy) is 1. The zero-order chi connectivity index (χ0) is 13.8. The number of benzene rings is 1. The molecule has 0 aliphatic heterocycles. The van der Waals surface area contributed by atoms with E-state index in [1.54, 1.807) is 17.7 Å². The van der Waals surface area contributed by atoms with Gasteiger partial charge in [-0.25, -0.2) is 4.39 Å². The first-order valence-electron chi connectivity index (χ1n) is 5.75. The second-order valence-corrected chi connectivity index (χ2v) is 4.41. The van der Waals surface area contributed by atoms with Gasteiger partial charge in [-0.1, -0.05) is 0 Å². The van der Waals surface area contributed by atoms with E-state index >= 15 is 0 Å². The van der Waals surface area contributed by atoms with Crippen LogP contribution >= 0.6 is 12.2 Å². The molecule has 0 unspecified atom stereocenters. The molecule has 0 fully saturated rings. The maximum atomic E-state index is 13.2. The van der Waals surface area contributed by atoms with E-state index in [4.69, 9.17) is 17.0 Å². The van der Waals surface area contributed by atoms with Crippen LogP contribution in [0.25, 0.3) is 11.0 Å². The molecule has 2 rings (SSSR count). The molecule has 2 N–H and O–H groups in total. The number of imidazole rings is 1. The second kappa shape index (κ2) is 5.94. The molecular formula is C12H14FN3O2S. The molecular weight excluding hydrogens is 269 g/mol. The molecule has 0 saturated heterocycles. The van der Waals surface area contributed by atoms with E-state index in [9.17, 15) is 9.18 Å². The lowest BCUT2D eigenvalue weighted by Gasteiger charge is -2.06. The molecule has 0 aliphatic rings. The number of hydrogen-bond donors (Lipinski definition) is 2. The molecule has 0 radical (unpaired) electrons. The fraction of sp³-hybridized carbons (Fsp3) is 0.333. The largest absolute Gasteiger partial charge is 0.383 e. The number of nitrogens with zero attached hydrogens (tertiary/aromatic N) is 1. The van der Waals surface area contributed by atoms with E-state index in [1.165, 1.54) is 12.1 Å². The number of amides is 1. The number of carbonyl (C=O) groups excluding carboxylic acids is 1. The highest BCUT2D eigenvalue weighted by Crippen LogP contribution is 2.15. The lowest BCUT2D eigenvalue weighted by Crippen LogP contribution is -2.30. The first-order chi connectivity index (χ1) is 9.11. The summed E-state index contributed by atoms with van der Waals surface area (Å²) in [5.41, 5.74) is 1.28. The van der Waals surface area contributed by atoms with Crippen LogP contribution in [0.15, 0.2) is 18.2 Å². The quantitative estimate of drug-likeness (QED) is 0.647. The number of rotatable bonds is 5. The van der Waals surface area contributed by atoms with Crippen molar-refractivity contribution in [2.24, 2.45) is 0 Å². The van der Waals surface area contributed by atoms with Gasteiger partial charge in [-0.2, -0.15) is 0 Å². The van der Waals surface area contributed by atoms with Crippen LogP contribution in [0, 0.1) is 10.6 Å². The summed E-state index contributed by atoms with van der Waals surface area (Å²) in [6.45, 7) is 0.922. The molecule has 7 heteroatoms. The van der Waals surface area contributed by atoms with Crippen LogP contribution in [0.4, 0.5) is 4.39 Å². The zero-order valence-corrected chi connectivity index (χ0v) is 11.2. The number of methoxy groups -OCH3 is 1. The van der Waals surface area contributed by atoms with Crippen molar-refractivity contribution in [3.8, 4) is 0 Å². The maximum Gasteiger partial charge on any atom is 0.240 e. The number of aromatic nitrogens is 2. The zero-order valence-electron chi connectivity index (χ0n) is 10.4. The van der Waals surface area contributed by atoms with E-state index in [-0.39, 0.29) is 18.3 Å². The number of fused-ring (bicyclic) bond motifs is 1. The second-order valence-electron chi connectivity index (χ2n) is 4.02. The van der Waals surface area contributed by atoms with E-state index < -0.39 is 0 Å². The Hall–Kier alpha value is -1.73. The Kier molecular flexibility index (Phi) is 4.28. The molecule has 1 aromatic carbocycles. The number of carbonyl (C=O) groups is 1. The minimum Gasteiger partial charge on any atom is -0.383 e. The van der Waals surface area contributed by atoms with Crippen LogP contribution in [0.2, 0.25) is 0 Å². The fourth-order valence-corrected chi connectivity index (χ4v) is 2.05. The topological polar surface area (TPSA) is 59.0 Å². The normalized spacial score (nSPS) is 10.8. The highest BCUT2D eigenvalue weighted by molar-refractivity contribution is 7.71. The Morgan fingerprint density at radius 3 is 3.11 bits per heavy atom. The van der Waals surface area contributed by atoms with E-state index in [0.29, 0.717) is 29.0 Å². The van der Waals surface area contributed by atoms with Gasteiger partial charge in [-0.15, -0.1) is 0 Å². The molecule has 0 bridgehead atoms. The molecule has 5 nitrogen and oxygen atoms in total. The van der Waals surface area contributed by atoms with Crippen molar-refractivity contribution in [1.29, 1.82) is 0 Å². The van der Waals surface area contributed by atoms with Crippen LogP contribution in [0.3, 0.4) is 0 Å². The van der Waals surface area contributed by atoms with Gasteiger partial charge in [0, 0.05) is 13.7 Å². The molecule has 0 aliphatic carbocycles. The third-order valence-electron chi connectivity index (χ3n) is 2.67. The first-order valence-corrected chi connectivity index (χ1v) is 6.16. The molecule has 1 aromatic heterocycles. The molecule has 19 heavy (non-hydrogen) atoms. The predicted molar refractivity (Wildman–Crippen MR) is 72.0 cm³/mol. The highest BCUT2D eigenvalue weighted by atomic mass is 32.1. The predicted octanol–water partition coefficient (Wildman–Crippen LogP) is 1.60. The van der Waals surface area contributed by atoms with Gasteiger partial charge in [-0.3, -0.25) is 4.79 Å². The van der Waals surface area contributed by atoms with Crippen molar-refractivity contribution in [1.82, 2.24) is 14.9 Å². The van der Waals surface area contributed by atoms with Crippen molar-refractivity contribution in [2.45, 2.75) is 6.54 Å². The Morgan fingerprint density at radius 1 is 1.58 bits per heavy atom. The summed E-state index contributed by atoms with van der Waals surface area (Å²) in [7, 11) is 1.56. The first kappa shape index (κ1) is 13.7. The number of halogens is 1. The Morgan fingerprint density at radius 2 is 2.37 bits per heavy atom. The molecule has 2 aromatic rings. The lowest BCUT2D eigenvalue weighted by atomic mass is 10.3. The highest BCUT2D eigenvalue weighted by Gasteiger charge is 2.09. The maximum absolute atomic E-state index is 13.2. The van der Waals surface area contributed by atoms with Gasteiger partial charge >= 0.3 is 0 Å². The lowest BCUT2D eigenvalue weighted by molar-refractivity contribution is -0.121. The third kappa shape index (κ3) is 3.18. The number of H-pyrrole nitrogens is 1. The molecule has 102 valence electrons. The number of nitrogens with one attached hydrogen (secondary N) is 2. The standard InChI is InChI=1S/C12H14FN3O2S/c1-18-5-4-14-11(17)7-16-10-6-8(13)2-3-9(10)15-12(16)19/h2-3,6H,4-5,7H2,1H3,(H,14,17)(H,15,19). The molecule has 0 saturated carbocycles. The third-order valence-corrected chi connectivity index (χ3v) is 2.99. The SMILES string of the molecule is COCCNC(=O)Cn1c(=S)[nH]c2ccc(F)cc21. The van der Waals surface area contributed by atoms with Crippen LogP contribution in [0.5, 0.6) is 0 Å². The average Bonchev–Trinajstić information content (AvgIpc) is 2.66. The summed E-state index contributed by atoms with van der Waals surface area (Å²) in [4.78, 5) is 14.7. The van der Waals surface area contributed by atoms with Gasteiger partial charge in [0.05, 0.1) is 17.6 Å². The van der Waals surface area contributed by atoms with Crippen molar-refractivity contribution in [3.05, 3.63) is 28.8 Å². The smallest absolute Gasteiger partial charge is 0.240 e. The molecule has 0 atom stereocenters. The summed E-state index contributed by atoms with van der Waals surface area (Å²) in [5.74, 6) is -0.562. The van der Waals surface area contributed by atoms with Crippen LogP contribution in [-0.4, -0.2) is 35.7 Å². The van der Waals surface area contributed by atoms with Gasteiger partial charge in [0.1, 0.15) is 12.4 Å². The Bertz CT molecular complexity index is 650. The van der Waals surface area contributed by atoms with Gasteiger partial charge in [0.2, 0.25) is 5.91 Å². The Labute approximate surface area is 114 Å². The Balaban J connectivity index is 2.20. The molecule has 0 spiro atoms. The monoisotopic (exact) mass is 283 g/mol. The van der Waals surface area contributed by atoms with E-state index in [0.717, 1.165) is 0 Å². The van der Waals surface area contributed by atoms with Gasteiger partial charge < -0.3 is 19.6 Å². The van der Waals surface area contributed by atoms with Crippen molar-refractivity contribution in [2.75, 3.05) is 20.3 Å². The average molecular weight is 283 g/mol. The van der Waals surface area contributed by atoms with Crippen LogP contribution in [-0.2, 0) is 16.1 Å². The summed E-state index contributed by atoms with van der Waals surface area (Å²) in [6, 6.07) is 4.29. The minimum absolute atomic E-state index is 0.0476. The van der Waals surface area contributed by atoms with Crippen molar-refractivity contribution >= 4 is 29.2 Å². The summed E-state index contributed by atoms with van der Waals surface area (Å²) < 4.78 is 20.0. The number of aromatic amines is 1.